The summed E-state index contributed by atoms with van der Waals surface area (Å²) in [6, 6.07) is 0. The summed E-state index contributed by atoms with van der Waals surface area (Å²) in [5.74, 6) is 1.02. The lowest BCUT2D eigenvalue weighted by Crippen LogP contribution is -2.74. The van der Waals surface area contributed by atoms with E-state index in [0.717, 1.165) is 25.7 Å². The van der Waals surface area contributed by atoms with Crippen molar-refractivity contribution in [2.45, 2.75) is 52.6 Å². The van der Waals surface area contributed by atoms with Gasteiger partial charge in [-0.2, -0.15) is 0 Å². The van der Waals surface area contributed by atoms with E-state index in [2.05, 4.69) is 20.8 Å². The van der Waals surface area contributed by atoms with Gasteiger partial charge in [0.2, 0.25) is 0 Å². The number of aliphatic hydroxyl groups excluding tert-OH is 1. The Kier molecular flexibility index (Phi) is 2.28. The first-order valence-corrected chi connectivity index (χ1v) is 7.05. The summed E-state index contributed by atoms with van der Waals surface area (Å²) in [5.41, 5.74) is 0.0709. The fourth-order valence-corrected chi connectivity index (χ4v) is 5.54. The molecule has 3 aliphatic rings. The van der Waals surface area contributed by atoms with Gasteiger partial charge in [-0.25, -0.2) is 0 Å². The van der Waals surface area contributed by atoms with Crippen molar-refractivity contribution in [3.05, 3.63) is 0 Å². The first kappa shape index (κ1) is 12.5. The second-order valence-corrected chi connectivity index (χ2v) is 7.54. The topological polar surface area (TPSA) is 46.5 Å². The molecule has 3 rings (SSSR count). The van der Waals surface area contributed by atoms with Gasteiger partial charge in [0.15, 0.2) is 0 Å². The smallest absolute Gasteiger partial charge is 0.311 e. The van der Waals surface area contributed by atoms with Crippen molar-refractivity contribution in [3.63, 3.8) is 0 Å². The van der Waals surface area contributed by atoms with E-state index in [1.54, 1.807) is 0 Å². The first-order valence-electron chi connectivity index (χ1n) is 7.05. The van der Waals surface area contributed by atoms with E-state index in [0.29, 0.717) is 17.3 Å². The number of esters is 1. The highest BCUT2D eigenvalue weighted by Gasteiger charge is 2.76. The summed E-state index contributed by atoms with van der Waals surface area (Å²) < 4.78 is 4.97. The van der Waals surface area contributed by atoms with E-state index in [1.807, 2.05) is 0 Å². The molecule has 0 aromatic carbocycles. The molecule has 0 bridgehead atoms. The minimum absolute atomic E-state index is 0.00615. The van der Waals surface area contributed by atoms with Gasteiger partial charge in [0.1, 0.15) is 0 Å². The number of ether oxygens (including phenoxy) is 1. The molecule has 3 aliphatic carbocycles. The summed E-state index contributed by atoms with van der Waals surface area (Å²) in [7, 11) is 1.49. The number of hydrogen-bond donors (Lipinski definition) is 1. The lowest BCUT2D eigenvalue weighted by Gasteiger charge is -2.77. The van der Waals surface area contributed by atoms with E-state index in [-0.39, 0.29) is 22.9 Å². The average molecular weight is 252 g/mol. The minimum atomic E-state index is -0.260. The summed E-state index contributed by atoms with van der Waals surface area (Å²) in [4.78, 5) is 11.9. The second-order valence-electron chi connectivity index (χ2n) is 7.54. The summed E-state index contributed by atoms with van der Waals surface area (Å²) in [5, 5.41) is 10.2. The zero-order valence-corrected chi connectivity index (χ0v) is 11.8. The average Bonchev–Trinajstić information content (AvgIpc) is 2.29. The van der Waals surface area contributed by atoms with Crippen molar-refractivity contribution in [3.8, 4) is 0 Å². The van der Waals surface area contributed by atoms with Crippen LogP contribution in [0.5, 0.6) is 0 Å². The molecular weight excluding hydrogens is 228 g/mol. The Bertz CT molecular complexity index is 403. The van der Waals surface area contributed by atoms with Crippen molar-refractivity contribution in [1.29, 1.82) is 0 Å². The fraction of sp³-hybridized carbons (Fsp3) is 0.933. The minimum Gasteiger partial charge on any atom is -0.469 e. The normalized spacial score (nSPS) is 52.4. The highest BCUT2D eigenvalue weighted by Crippen LogP contribution is 2.79. The molecule has 1 unspecified atom stereocenters. The molecule has 0 heterocycles. The van der Waals surface area contributed by atoms with E-state index < -0.39 is 0 Å². The lowest BCUT2D eigenvalue weighted by molar-refractivity contribution is -0.302. The summed E-state index contributed by atoms with van der Waals surface area (Å²) in [6.45, 7) is 6.43. The quantitative estimate of drug-likeness (QED) is 0.729. The molecule has 1 spiro atoms. The predicted molar refractivity (Wildman–Crippen MR) is 67.8 cm³/mol. The third-order valence-electron chi connectivity index (χ3n) is 6.62. The number of carbonyl (C=O) groups is 1. The maximum atomic E-state index is 11.9. The van der Waals surface area contributed by atoms with Crippen molar-refractivity contribution < 1.29 is 14.6 Å². The van der Waals surface area contributed by atoms with Gasteiger partial charge in [0.25, 0.3) is 0 Å². The lowest BCUT2D eigenvalue weighted by atomic mass is 9.27. The van der Waals surface area contributed by atoms with Gasteiger partial charge < -0.3 is 9.84 Å². The molecule has 5 atom stereocenters. The SMILES string of the molecule is COC(=O)[C@@]1(C)C[C@@]23CCC(O)C(C)(C)[C@@H]2C[C@H]31. The van der Waals surface area contributed by atoms with Crippen LogP contribution in [0.4, 0.5) is 0 Å². The van der Waals surface area contributed by atoms with Gasteiger partial charge in [0.05, 0.1) is 18.6 Å². The van der Waals surface area contributed by atoms with E-state index in [9.17, 15) is 9.90 Å². The van der Waals surface area contributed by atoms with Crippen LogP contribution in [0.1, 0.15) is 46.5 Å². The molecule has 0 aromatic heterocycles. The summed E-state index contributed by atoms with van der Waals surface area (Å²) in [6.07, 6.45) is 3.82. The van der Waals surface area contributed by atoms with E-state index in [1.165, 1.54) is 7.11 Å². The van der Waals surface area contributed by atoms with E-state index >= 15 is 0 Å². The van der Waals surface area contributed by atoms with Gasteiger partial charge in [-0.1, -0.05) is 13.8 Å². The molecule has 3 heteroatoms. The van der Waals surface area contributed by atoms with Crippen LogP contribution in [0.2, 0.25) is 0 Å². The Balaban J connectivity index is 1.84. The third-order valence-corrected chi connectivity index (χ3v) is 6.62. The number of methoxy groups -OCH3 is 1. The third kappa shape index (κ3) is 1.13. The van der Waals surface area contributed by atoms with Crippen LogP contribution in [0, 0.1) is 28.1 Å². The number of rotatable bonds is 1. The molecule has 0 aliphatic heterocycles. The maximum absolute atomic E-state index is 11.9. The molecule has 1 N–H and O–H groups in total. The highest BCUT2D eigenvalue weighted by atomic mass is 16.5. The van der Waals surface area contributed by atoms with Crippen molar-refractivity contribution in [1.82, 2.24) is 0 Å². The molecular formula is C15H24O3. The number of carbonyl (C=O) groups excluding carboxylic acids is 1. The van der Waals surface area contributed by atoms with Crippen molar-refractivity contribution >= 4 is 5.97 Å². The Morgan fingerprint density at radius 3 is 2.50 bits per heavy atom. The molecule has 0 amide bonds. The zero-order valence-electron chi connectivity index (χ0n) is 11.8. The predicted octanol–water partition coefficient (Wildman–Crippen LogP) is 2.37. The standard InChI is InChI=1S/C15H24O3/c1-13(2)9-7-10-14(3,12(17)18-4)8-15(9,10)6-5-11(13)16/h9-11,16H,5-8H2,1-4H3/t9-,10-,11?,14-,15-/m0/s1. The van der Waals surface area contributed by atoms with Crippen LogP contribution >= 0.6 is 0 Å². The fourth-order valence-electron chi connectivity index (χ4n) is 5.54. The maximum Gasteiger partial charge on any atom is 0.311 e. The molecule has 0 aromatic rings. The van der Waals surface area contributed by atoms with Gasteiger partial charge >= 0.3 is 5.97 Å². The Morgan fingerprint density at radius 1 is 1.28 bits per heavy atom. The van der Waals surface area contributed by atoms with Crippen LogP contribution in [0.3, 0.4) is 0 Å². The molecule has 3 saturated carbocycles. The van der Waals surface area contributed by atoms with Crippen molar-refractivity contribution in [2.24, 2.45) is 28.1 Å². The molecule has 0 saturated heterocycles. The Hall–Kier alpha value is -0.570. The van der Waals surface area contributed by atoms with Crippen LogP contribution in [-0.2, 0) is 9.53 Å². The monoisotopic (exact) mass is 252 g/mol. The molecule has 18 heavy (non-hydrogen) atoms. The van der Waals surface area contributed by atoms with Crippen LogP contribution in [0.15, 0.2) is 0 Å². The Morgan fingerprint density at radius 2 is 1.94 bits per heavy atom. The summed E-state index contributed by atoms with van der Waals surface area (Å²) >= 11 is 0. The van der Waals surface area contributed by atoms with Gasteiger partial charge in [0, 0.05) is 0 Å². The number of hydrogen-bond acceptors (Lipinski definition) is 3. The van der Waals surface area contributed by atoms with Crippen LogP contribution < -0.4 is 0 Å². The van der Waals surface area contributed by atoms with E-state index in [4.69, 9.17) is 4.74 Å². The van der Waals surface area contributed by atoms with Crippen LogP contribution in [0.25, 0.3) is 0 Å². The molecule has 0 radical (unpaired) electrons. The number of aliphatic hydroxyl groups is 1. The largest absolute Gasteiger partial charge is 0.469 e. The van der Waals surface area contributed by atoms with Gasteiger partial charge in [-0.15, -0.1) is 0 Å². The zero-order chi connectivity index (χ0) is 13.3. The first-order chi connectivity index (χ1) is 8.29. The van der Waals surface area contributed by atoms with Crippen LogP contribution in [-0.4, -0.2) is 24.3 Å². The van der Waals surface area contributed by atoms with Crippen molar-refractivity contribution in [2.75, 3.05) is 7.11 Å². The molecule has 3 nitrogen and oxygen atoms in total. The molecule has 3 fully saturated rings. The van der Waals surface area contributed by atoms with Gasteiger partial charge in [-0.05, 0) is 55.3 Å². The molecule has 102 valence electrons. The second kappa shape index (κ2) is 3.30. The highest BCUT2D eigenvalue weighted by molar-refractivity contribution is 5.79. The van der Waals surface area contributed by atoms with Gasteiger partial charge in [-0.3, -0.25) is 4.79 Å². The Labute approximate surface area is 109 Å².